The normalized spacial score (nSPS) is 20.4. The molecule has 0 aliphatic carbocycles. The van der Waals surface area contributed by atoms with Crippen LogP contribution in [0.5, 0.6) is 0 Å². The number of piperazine rings is 1. The first-order valence-electron chi connectivity index (χ1n) is 15.4. The standard InChI is InChI=1S/C33H48N6O5/c1-3-4-5-6-7-8-9-10-11-12-13-14-15-16-17-18-19-20-21-22-27(41)34-24-28(42)37-33-38-31-29(32(44)39-33)36-26(23-35-31)30(43)25(2)40/h4-5,7-8,10-11,13-14,16-17,19-20,25-26,29-30,36,40,43H,3,6,9,12,15,18,21-24H2,1-2H3,(H,34,41)(H2,35,37,38,39,42,44)/b5-4-,8-7-,11-10-,14-13-,17-16-,20-19-/t25-,26+,29?,30-/m0/s1. The highest BCUT2D eigenvalue weighted by molar-refractivity contribution is 6.19. The molecule has 6 N–H and O–H groups in total. The Balaban J connectivity index is 1.53. The number of aliphatic hydroxyl groups excluding tert-OH is 2. The minimum atomic E-state index is -1.08. The van der Waals surface area contributed by atoms with Gasteiger partial charge in [-0.2, -0.15) is 9.98 Å². The van der Waals surface area contributed by atoms with E-state index in [-0.39, 0.29) is 37.2 Å². The van der Waals surface area contributed by atoms with Gasteiger partial charge in [0.2, 0.25) is 17.8 Å². The molecule has 0 radical (unpaired) electrons. The number of rotatable bonds is 18. The van der Waals surface area contributed by atoms with Crippen molar-refractivity contribution in [3.8, 4) is 0 Å². The molecule has 0 aromatic rings. The Morgan fingerprint density at radius 1 is 0.864 bits per heavy atom. The maximum absolute atomic E-state index is 12.4. The van der Waals surface area contributed by atoms with Crippen LogP contribution in [0.15, 0.2) is 82.9 Å². The number of hydrogen-bond donors (Lipinski definition) is 6. The first-order valence-corrected chi connectivity index (χ1v) is 15.4. The van der Waals surface area contributed by atoms with Gasteiger partial charge in [0.15, 0.2) is 0 Å². The summed E-state index contributed by atoms with van der Waals surface area (Å²) < 4.78 is 0. The van der Waals surface area contributed by atoms with Crippen LogP contribution in [0.3, 0.4) is 0 Å². The number of guanidine groups is 1. The lowest BCUT2D eigenvalue weighted by atomic mass is 10.0. The zero-order chi connectivity index (χ0) is 32.0. The number of aliphatic imine (C=N–C) groups is 2. The Morgan fingerprint density at radius 2 is 1.41 bits per heavy atom. The van der Waals surface area contributed by atoms with Crippen molar-refractivity contribution in [2.24, 2.45) is 9.98 Å². The van der Waals surface area contributed by atoms with Crippen molar-refractivity contribution in [1.29, 1.82) is 0 Å². The van der Waals surface area contributed by atoms with E-state index in [0.717, 1.165) is 38.5 Å². The summed E-state index contributed by atoms with van der Waals surface area (Å²) in [7, 11) is 0. The number of allylic oxidation sites excluding steroid dienone is 12. The summed E-state index contributed by atoms with van der Waals surface area (Å²) in [6, 6.07) is -1.48. The Labute approximate surface area is 260 Å². The minimum Gasteiger partial charge on any atom is -0.391 e. The highest BCUT2D eigenvalue weighted by atomic mass is 16.3. The molecular formula is C33H48N6O5. The van der Waals surface area contributed by atoms with E-state index in [1.807, 2.05) is 12.2 Å². The molecule has 1 saturated heterocycles. The maximum atomic E-state index is 12.4. The third-order valence-electron chi connectivity index (χ3n) is 6.59. The zero-order valence-electron chi connectivity index (χ0n) is 25.8. The van der Waals surface area contributed by atoms with Gasteiger partial charge in [-0.25, -0.2) is 0 Å². The average molecular weight is 609 g/mol. The van der Waals surface area contributed by atoms with Gasteiger partial charge in [-0.05, 0) is 51.9 Å². The molecule has 240 valence electrons. The van der Waals surface area contributed by atoms with Crippen molar-refractivity contribution in [2.75, 3.05) is 13.1 Å². The fraction of sp³-hybridized carbons (Fsp3) is 0.485. The summed E-state index contributed by atoms with van der Waals surface area (Å²) >= 11 is 0. The molecule has 11 nitrogen and oxygen atoms in total. The van der Waals surface area contributed by atoms with Crippen LogP contribution in [-0.4, -0.2) is 77.1 Å². The van der Waals surface area contributed by atoms with E-state index in [2.05, 4.69) is 98.9 Å². The second-order valence-electron chi connectivity index (χ2n) is 10.4. The fourth-order valence-electron chi connectivity index (χ4n) is 4.17. The molecule has 2 aliphatic rings. The molecule has 44 heavy (non-hydrogen) atoms. The second kappa shape index (κ2) is 21.7. The molecule has 2 rings (SSSR count). The van der Waals surface area contributed by atoms with E-state index in [4.69, 9.17) is 0 Å². The topological polar surface area (TPSA) is 165 Å². The molecule has 0 aromatic carbocycles. The summed E-state index contributed by atoms with van der Waals surface area (Å²) in [5.41, 5.74) is 0. The van der Waals surface area contributed by atoms with Gasteiger partial charge in [-0.15, -0.1) is 0 Å². The van der Waals surface area contributed by atoms with E-state index in [0.29, 0.717) is 6.42 Å². The SMILES string of the molecule is CC/C=C\C/C=C\C/C=C\C/C=C\C/C=C\C/C=C\CCC(=O)NCC(=O)NC1=NC(=O)C2N[C@@H]([C@@H](O)[C@H](C)O)CNC2=N1. The number of amidine groups is 1. The molecule has 1 fully saturated rings. The third-order valence-corrected chi connectivity index (χ3v) is 6.59. The van der Waals surface area contributed by atoms with Gasteiger partial charge in [0.25, 0.3) is 5.91 Å². The van der Waals surface area contributed by atoms with E-state index in [1.54, 1.807) is 0 Å². The number of fused-ring (bicyclic) bond motifs is 1. The van der Waals surface area contributed by atoms with E-state index < -0.39 is 36.1 Å². The smallest absolute Gasteiger partial charge is 0.273 e. The van der Waals surface area contributed by atoms with Crippen LogP contribution in [-0.2, 0) is 14.4 Å². The van der Waals surface area contributed by atoms with Crippen LogP contribution in [0.25, 0.3) is 0 Å². The predicted octanol–water partition coefficient (Wildman–Crippen LogP) is 2.66. The quantitative estimate of drug-likeness (QED) is 0.130. The summed E-state index contributed by atoms with van der Waals surface area (Å²) in [6.45, 7) is 3.53. The molecular weight excluding hydrogens is 560 g/mol. The largest absolute Gasteiger partial charge is 0.391 e. The third kappa shape index (κ3) is 15.0. The lowest BCUT2D eigenvalue weighted by Gasteiger charge is -2.36. The van der Waals surface area contributed by atoms with Crippen molar-refractivity contribution in [3.63, 3.8) is 0 Å². The first-order chi connectivity index (χ1) is 21.3. The molecule has 2 heterocycles. The Hall–Kier alpha value is -3.93. The highest BCUT2D eigenvalue weighted by Crippen LogP contribution is 2.10. The molecule has 11 heteroatoms. The highest BCUT2D eigenvalue weighted by Gasteiger charge is 2.38. The van der Waals surface area contributed by atoms with E-state index >= 15 is 0 Å². The lowest BCUT2D eigenvalue weighted by molar-refractivity contribution is -0.125. The molecule has 2 aliphatic heterocycles. The molecule has 3 amide bonds. The van der Waals surface area contributed by atoms with Gasteiger partial charge < -0.3 is 20.8 Å². The number of nitrogens with zero attached hydrogens (tertiary/aromatic N) is 2. The average Bonchev–Trinajstić information content (AvgIpc) is 3.00. The van der Waals surface area contributed by atoms with Gasteiger partial charge >= 0.3 is 0 Å². The minimum absolute atomic E-state index is 0.178. The monoisotopic (exact) mass is 608 g/mol. The molecule has 4 atom stereocenters. The molecule has 0 bridgehead atoms. The van der Waals surface area contributed by atoms with Crippen molar-refractivity contribution >= 4 is 29.5 Å². The zero-order valence-corrected chi connectivity index (χ0v) is 25.8. The number of aliphatic hydroxyl groups is 2. The number of hydrogen-bond acceptors (Lipinski definition) is 8. The van der Waals surface area contributed by atoms with E-state index in [9.17, 15) is 24.6 Å². The molecule has 0 spiro atoms. The number of carbonyl (C=O) groups excluding carboxylic acids is 3. The molecule has 1 unspecified atom stereocenters. The Bertz CT molecular complexity index is 1170. The van der Waals surface area contributed by atoms with Crippen LogP contribution in [0.2, 0.25) is 0 Å². The molecule has 0 aromatic heterocycles. The van der Waals surface area contributed by atoms with Gasteiger partial charge in [0.05, 0.1) is 24.8 Å². The lowest BCUT2D eigenvalue weighted by Crippen LogP contribution is -2.66. The first kappa shape index (κ1) is 36.3. The summed E-state index contributed by atoms with van der Waals surface area (Å²) in [5.74, 6) is -1.35. The number of nitrogens with one attached hydrogen (secondary N) is 4. The van der Waals surface area contributed by atoms with Crippen molar-refractivity contribution in [2.45, 2.75) is 89.5 Å². The van der Waals surface area contributed by atoms with Crippen molar-refractivity contribution in [1.82, 2.24) is 21.3 Å². The van der Waals surface area contributed by atoms with Crippen LogP contribution < -0.4 is 21.3 Å². The van der Waals surface area contributed by atoms with Crippen LogP contribution in [0.4, 0.5) is 0 Å². The fourth-order valence-corrected chi connectivity index (χ4v) is 4.17. The van der Waals surface area contributed by atoms with Gasteiger partial charge in [-0.1, -0.05) is 79.8 Å². The summed E-state index contributed by atoms with van der Waals surface area (Å²) in [6.07, 6.45) is 29.9. The van der Waals surface area contributed by atoms with E-state index in [1.165, 1.54) is 6.92 Å². The van der Waals surface area contributed by atoms with Gasteiger partial charge in [-0.3, -0.25) is 25.0 Å². The second-order valence-corrected chi connectivity index (χ2v) is 10.4. The molecule has 0 saturated carbocycles. The van der Waals surface area contributed by atoms with Gasteiger partial charge in [0, 0.05) is 13.0 Å². The van der Waals surface area contributed by atoms with Gasteiger partial charge in [0.1, 0.15) is 11.9 Å². The summed E-state index contributed by atoms with van der Waals surface area (Å²) in [4.78, 5) is 44.6. The Morgan fingerprint density at radius 3 is 1.95 bits per heavy atom. The predicted molar refractivity (Wildman–Crippen MR) is 175 cm³/mol. The van der Waals surface area contributed by atoms with Crippen molar-refractivity contribution in [3.05, 3.63) is 72.9 Å². The maximum Gasteiger partial charge on any atom is 0.273 e. The van der Waals surface area contributed by atoms with Crippen LogP contribution in [0.1, 0.15) is 65.2 Å². The summed E-state index contributed by atoms with van der Waals surface area (Å²) in [5, 5.41) is 30.4. The van der Waals surface area contributed by atoms with Crippen molar-refractivity contribution < 1.29 is 24.6 Å². The van der Waals surface area contributed by atoms with Crippen LogP contribution in [0, 0.1) is 0 Å². The number of amides is 3. The number of carbonyl (C=O) groups is 3. The van der Waals surface area contributed by atoms with Crippen LogP contribution >= 0.6 is 0 Å². The Kier molecular flexibility index (Phi) is 17.9.